The largest absolute Gasteiger partial charge is 0.508 e. The number of carbonyl (C=O) groups excluding carboxylic acids is 2. The molecule has 0 bridgehead atoms. The maximum absolute atomic E-state index is 12.0. The van der Waals surface area contributed by atoms with E-state index < -0.39 is 23.5 Å². The summed E-state index contributed by atoms with van der Waals surface area (Å²) in [4.78, 5) is 23.8. The molecule has 0 fully saturated rings. The van der Waals surface area contributed by atoms with E-state index in [-0.39, 0.29) is 12.2 Å². The summed E-state index contributed by atoms with van der Waals surface area (Å²) in [5.74, 6) is -0.524. The van der Waals surface area contributed by atoms with Gasteiger partial charge in [-0.05, 0) is 38.5 Å². The zero-order chi connectivity index (χ0) is 14.9. The Morgan fingerprint density at radius 2 is 2.20 bits per heavy atom. The lowest BCUT2D eigenvalue weighted by Gasteiger charge is -2.27. The number of aromatic hydroxyl groups is 1. The fraction of sp³-hybridized carbons (Fsp3) is 0.467. The maximum Gasteiger partial charge on any atom is 0.353 e. The molecule has 0 amide bonds. The van der Waals surface area contributed by atoms with Crippen LogP contribution in [0, 0.1) is 5.41 Å². The van der Waals surface area contributed by atoms with Crippen molar-refractivity contribution >= 4 is 11.9 Å². The Kier molecular flexibility index (Phi) is 3.70. The molecule has 1 N–H and O–H groups in total. The van der Waals surface area contributed by atoms with E-state index in [1.807, 2.05) is 6.92 Å². The Hall–Kier alpha value is -2.04. The van der Waals surface area contributed by atoms with Gasteiger partial charge >= 0.3 is 11.9 Å². The summed E-state index contributed by atoms with van der Waals surface area (Å²) in [7, 11) is 0. The summed E-state index contributed by atoms with van der Waals surface area (Å²) in [6, 6.07) is 4.48. The highest BCUT2D eigenvalue weighted by Gasteiger charge is 2.36. The number of fused-ring (bicyclic) bond motifs is 1. The molecule has 1 heterocycles. The van der Waals surface area contributed by atoms with Gasteiger partial charge in [0.2, 0.25) is 6.10 Å². The third-order valence-corrected chi connectivity index (χ3v) is 3.61. The smallest absolute Gasteiger partial charge is 0.353 e. The summed E-state index contributed by atoms with van der Waals surface area (Å²) in [5, 5.41) is 9.44. The summed E-state index contributed by atoms with van der Waals surface area (Å²) >= 11 is 0. The maximum atomic E-state index is 12.0. The van der Waals surface area contributed by atoms with E-state index in [2.05, 4.69) is 0 Å². The second-order valence-corrected chi connectivity index (χ2v) is 5.55. The molecule has 0 saturated heterocycles. The summed E-state index contributed by atoms with van der Waals surface area (Å²) in [6.07, 6.45) is -0.123. The van der Waals surface area contributed by atoms with Crippen LogP contribution in [0.3, 0.4) is 0 Å². The van der Waals surface area contributed by atoms with Gasteiger partial charge in [0.1, 0.15) is 11.5 Å². The third-order valence-electron chi connectivity index (χ3n) is 3.61. The first-order chi connectivity index (χ1) is 9.33. The Morgan fingerprint density at radius 1 is 1.50 bits per heavy atom. The number of hydrogen-bond donors (Lipinski definition) is 1. The van der Waals surface area contributed by atoms with Crippen LogP contribution in [0.5, 0.6) is 11.5 Å². The topological polar surface area (TPSA) is 72.8 Å². The first-order valence-electron chi connectivity index (χ1n) is 6.58. The zero-order valence-electron chi connectivity index (χ0n) is 11.8. The molecule has 1 unspecified atom stereocenters. The van der Waals surface area contributed by atoms with Gasteiger partial charge in [-0.25, -0.2) is 4.79 Å². The van der Waals surface area contributed by atoms with Crippen molar-refractivity contribution in [3.8, 4) is 11.5 Å². The van der Waals surface area contributed by atoms with Crippen molar-refractivity contribution in [2.45, 2.75) is 39.7 Å². The quantitative estimate of drug-likeness (QED) is 0.678. The number of ether oxygens (including phenoxy) is 2. The Morgan fingerprint density at radius 3 is 2.85 bits per heavy atom. The molecule has 108 valence electrons. The lowest BCUT2D eigenvalue weighted by atomic mass is 9.90. The molecule has 20 heavy (non-hydrogen) atoms. The van der Waals surface area contributed by atoms with Crippen molar-refractivity contribution in [3.05, 3.63) is 23.8 Å². The minimum absolute atomic E-state index is 0.0839. The van der Waals surface area contributed by atoms with Crippen molar-refractivity contribution < 1.29 is 24.2 Å². The molecule has 0 spiro atoms. The van der Waals surface area contributed by atoms with E-state index in [1.165, 1.54) is 18.2 Å². The second-order valence-electron chi connectivity index (χ2n) is 5.55. The van der Waals surface area contributed by atoms with Crippen LogP contribution in [-0.2, 0) is 20.7 Å². The van der Waals surface area contributed by atoms with Crippen molar-refractivity contribution in [2.75, 3.05) is 0 Å². The average molecular weight is 278 g/mol. The summed E-state index contributed by atoms with van der Waals surface area (Å²) in [5.41, 5.74) is 0.0102. The van der Waals surface area contributed by atoms with Crippen LogP contribution in [-0.4, -0.2) is 23.1 Å². The van der Waals surface area contributed by atoms with Gasteiger partial charge in [-0.3, -0.25) is 4.79 Å². The van der Waals surface area contributed by atoms with E-state index >= 15 is 0 Å². The highest BCUT2D eigenvalue weighted by molar-refractivity contribution is 5.84. The molecule has 1 aromatic carbocycles. The van der Waals surface area contributed by atoms with Gasteiger partial charge in [0.05, 0.1) is 5.41 Å². The minimum atomic E-state index is -0.956. The van der Waals surface area contributed by atoms with E-state index in [0.29, 0.717) is 17.7 Å². The van der Waals surface area contributed by atoms with Crippen LogP contribution in [0.25, 0.3) is 0 Å². The first kappa shape index (κ1) is 14.4. The van der Waals surface area contributed by atoms with Crippen molar-refractivity contribution in [1.29, 1.82) is 0 Å². The van der Waals surface area contributed by atoms with E-state index in [9.17, 15) is 14.7 Å². The predicted molar refractivity (Wildman–Crippen MR) is 71.4 cm³/mol. The van der Waals surface area contributed by atoms with Gasteiger partial charge < -0.3 is 14.6 Å². The minimum Gasteiger partial charge on any atom is -0.508 e. The van der Waals surface area contributed by atoms with Crippen LogP contribution < -0.4 is 4.74 Å². The average Bonchev–Trinajstić information content (AvgIpc) is 2.40. The van der Waals surface area contributed by atoms with Crippen molar-refractivity contribution in [1.82, 2.24) is 0 Å². The Bertz CT molecular complexity index is 547. The molecule has 5 nitrogen and oxygen atoms in total. The molecule has 2 rings (SSSR count). The first-order valence-corrected chi connectivity index (χ1v) is 6.58. The molecular weight excluding hydrogens is 260 g/mol. The van der Waals surface area contributed by atoms with Gasteiger partial charge in [0.15, 0.2) is 0 Å². The molecule has 0 aliphatic carbocycles. The van der Waals surface area contributed by atoms with Crippen LogP contribution in [0.1, 0.15) is 32.8 Å². The summed E-state index contributed by atoms with van der Waals surface area (Å²) in [6.45, 7) is 5.42. The van der Waals surface area contributed by atoms with Gasteiger partial charge in [-0.2, -0.15) is 0 Å². The number of hydrogen-bond acceptors (Lipinski definition) is 5. The highest BCUT2D eigenvalue weighted by Crippen LogP contribution is 2.31. The molecule has 5 heteroatoms. The van der Waals surface area contributed by atoms with E-state index in [4.69, 9.17) is 9.47 Å². The normalized spacial score (nSPS) is 18.1. The van der Waals surface area contributed by atoms with Gasteiger partial charge in [-0.1, -0.05) is 6.92 Å². The van der Waals surface area contributed by atoms with Gasteiger partial charge in [0, 0.05) is 12.0 Å². The van der Waals surface area contributed by atoms with Crippen LogP contribution in [0.15, 0.2) is 18.2 Å². The fourth-order valence-electron chi connectivity index (χ4n) is 1.80. The second kappa shape index (κ2) is 5.15. The lowest BCUT2D eigenvalue weighted by Crippen LogP contribution is -2.39. The number of phenolic OH excluding ortho intramolecular Hbond substituents is 1. The fourth-order valence-corrected chi connectivity index (χ4v) is 1.80. The van der Waals surface area contributed by atoms with E-state index in [0.717, 1.165) is 0 Å². The lowest BCUT2D eigenvalue weighted by molar-refractivity contribution is -0.170. The van der Waals surface area contributed by atoms with Crippen LogP contribution >= 0.6 is 0 Å². The molecule has 0 aromatic heterocycles. The Balaban J connectivity index is 2.15. The molecule has 0 saturated carbocycles. The van der Waals surface area contributed by atoms with Gasteiger partial charge in [-0.15, -0.1) is 0 Å². The monoisotopic (exact) mass is 278 g/mol. The summed E-state index contributed by atoms with van der Waals surface area (Å²) < 4.78 is 10.4. The van der Waals surface area contributed by atoms with Crippen LogP contribution in [0.4, 0.5) is 0 Å². The third kappa shape index (κ3) is 2.76. The highest BCUT2D eigenvalue weighted by atomic mass is 16.6. The molecule has 1 aromatic rings. The van der Waals surface area contributed by atoms with Crippen molar-refractivity contribution in [3.63, 3.8) is 0 Å². The standard InChI is InChI=1S/C15H18O5/c1-4-15(2,3)14(18)20-12-8-9-7-10(16)5-6-11(9)19-13(12)17/h5-7,12,16H,4,8H2,1-3H3. The number of phenols is 1. The molecular formula is C15H18O5. The number of rotatable bonds is 3. The predicted octanol–water partition coefficient (Wildman–Crippen LogP) is 2.20. The zero-order valence-corrected chi connectivity index (χ0v) is 11.8. The molecule has 1 aliphatic rings. The van der Waals surface area contributed by atoms with Gasteiger partial charge in [0.25, 0.3) is 0 Å². The SMILES string of the molecule is CCC(C)(C)C(=O)OC1Cc2cc(O)ccc2OC1=O. The van der Waals surface area contributed by atoms with E-state index in [1.54, 1.807) is 13.8 Å². The molecule has 1 atom stereocenters. The van der Waals surface area contributed by atoms with Crippen molar-refractivity contribution in [2.24, 2.45) is 5.41 Å². The molecule has 1 aliphatic heterocycles. The number of benzene rings is 1. The number of carbonyl (C=O) groups is 2. The van der Waals surface area contributed by atoms with Crippen LogP contribution in [0.2, 0.25) is 0 Å². The molecule has 0 radical (unpaired) electrons. The Labute approximate surface area is 117 Å². The number of esters is 2.